The summed E-state index contributed by atoms with van der Waals surface area (Å²) in [5.74, 6) is -2.03. The molecule has 1 heterocycles. The highest BCUT2D eigenvalue weighted by molar-refractivity contribution is 7.89. The van der Waals surface area contributed by atoms with Gasteiger partial charge < -0.3 is 11.1 Å². The summed E-state index contributed by atoms with van der Waals surface area (Å²) in [5, 5.41) is 2.69. The maximum Gasteiger partial charge on any atom is 0.238 e. The molecule has 0 aromatic heterocycles. The summed E-state index contributed by atoms with van der Waals surface area (Å²) < 4.78 is 39.2. The Balaban J connectivity index is 2.02. The molecule has 9 heteroatoms. The van der Waals surface area contributed by atoms with E-state index in [0.717, 1.165) is 18.4 Å². The summed E-state index contributed by atoms with van der Waals surface area (Å²) in [6, 6.07) is 4.96. The second kappa shape index (κ2) is 9.97. The van der Waals surface area contributed by atoms with Gasteiger partial charge in [0.05, 0.1) is 11.7 Å². The summed E-state index contributed by atoms with van der Waals surface area (Å²) in [7, 11) is -3.49. The minimum atomic E-state index is -3.49. The van der Waals surface area contributed by atoms with E-state index in [1.54, 1.807) is 19.1 Å². The van der Waals surface area contributed by atoms with Gasteiger partial charge in [-0.3, -0.25) is 9.59 Å². The Morgan fingerprint density at radius 3 is 2.57 bits per heavy atom. The number of piperidine rings is 1. The Kier molecular flexibility index (Phi) is 7.94. The van der Waals surface area contributed by atoms with Gasteiger partial charge in [0.1, 0.15) is 11.9 Å². The first-order chi connectivity index (χ1) is 13.2. The van der Waals surface area contributed by atoms with Crippen molar-refractivity contribution in [2.24, 2.45) is 11.7 Å². The third-order valence-electron chi connectivity index (χ3n) is 4.90. The zero-order valence-corrected chi connectivity index (χ0v) is 16.9. The Labute approximate surface area is 165 Å². The molecular formula is C19H28FN3O4S. The number of halogens is 1. The van der Waals surface area contributed by atoms with Gasteiger partial charge in [0.25, 0.3) is 0 Å². The molecule has 1 saturated heterocycles. The predicted molar refractivity (Wildman–Crippen MR) is 104 cm³/mol. The molecule has 2 rings (SSSR count). The summed E-state index contributed by atoms with van der Waals surface area (Å²) >= 11 is 0. The van der Waals surface area contributed by atoms with E-state index in [2.05, 4.69) is 5.32 Å². The van der Waals surface area contributed by atoms with Crippen molar-refractivity contribution in [2.45, 2.75) is 45.1 Å². The minimum absolute atomic E-state index is 0.00368. The monoisotopic (exact) mass is 413 g/mol. The molecular weight excluding hydrogens is 385 g/mol. The minimum Gasteiger partial charge on any atom is -0.369 e. The molecule has 0 saturated carbocycles. The summed E-state index contributed by atoms with van der Waals surface area (Å²) in [6.07, 6.45) is 2.69. The third kappa shape index (κ3) is 6.00. The Hall–Kier alpha value is -2.00. The number of hydrogen-bond donors (Lipinski definition) is 2. The van der Waals surface area contributed by atoms with E-state index in [9.17, 15) is 22.4 Å². The van der Waals surface area contributed by atoms with E-state index in [-0.39, 0.29) is 24.5 Å². The SMILES string of the molecule is CCCS(=O)(=O)N1CCCCC1C(=O)NCC(Cc1ccc(F)cc1)C(N)=O. The van der Waals surface area contributed by atoms with Gasteiger partial charge in [-0.25, -0.2) is 12.8 Å². The summed E-state index contributed by atoms with van der Waals surface area (Å²) in [5.41, 5.74) is 6.17. The number of sulfonamides is 1. The third-order valence-corrected chi connectivity index (χ3v) is 6.97. The Morgan fingerprint density at radius 2 is 1.96 bits per heavy atom. The van der Waals surface area contributed by atoms with Gasteiger partial charge in [-0.1, -0.05) is 25.5 Å². The zero-order valence-electron chi connectivity index (χ0n) is 16.1. The number of hydrogen-bond acceptors (Lipinski definition) is 4. The van der Waals surface area contributed by atoms with Crippen molar-refractivity contribution in [2.75, 3.05) is 18.8 Å². The fourth-order valence-corrected chi connectivity index (χ4v) is 5.14. The van der Waals surface area contributed by atoms with Gasteiger partial charge in [-0.15, -0.1) is 0 Å². The molecule has 0 bridgehead atoms. The fraction of sp³-hybridized carbons (Fsp3) is 0.579. The van der Waals surface area contributed by atoms with Crippen LogP contribution in [-0.2, 0) is 26.0 Å². The standard InChI is InChI=1S/C19H28FN3O4S/c1-2-11-28(26,27)23-10-4-3-5-17(23)19(25)22-13-15(18(21)24)12-14-6-8-16(20)9-7-14/h6-9,15,17H,2-5,10-13H2,1H3,(H2,21,24)(H,22,25). The maximum atomic E-state index is 13.0. The molecule has 0 aliphatic carbocycles. The second-order valence-corrected chi connectivity index (χ2v) is 9.15. The number of carbonyl (C=O) groups excluding carboxylic acids is 2. The lowest BCUT2D eigenvalue weighted by atomic mass is 9.98. The topological polar surface area (TPSA) is 110 Å². The van der Waals surface area contributed by atoms with Crippen LogP contribution in [0.4, 0.5) is 4.39 Å². The average molecular weight is 414 g/mol. The number of nitrogens with zero attached hydrogens (tertiary/aromatic N) is 1. The quantitative estimate of drug-likeness (QED) is 0.633. The lowest BCUT2D eigenvalue weighted by Gasteiger charge is -2.33. The molecule has 1 aliphatic heterocycles. The van der Waals surface area contributed by atoms with Crippen LogP contribution in [0.25, 0.3) is 0 Å². The molecule has 1 fully saturated rings. The van der Waals surface area contributed by atoms with Crippen LogP contribution in [0.5, 0.6) is 0 Å². The molecule has 7 nitrogen and oxygen atoms in total. The van der Waals surface area contributed by atoms with Crippen LogP contribution in [0.3, 0.4) is 0 Å². The largest absolute Gasteiger partial charge is 0.369 e. The van der Waals surface area contributed by atoms with Crippen molar-refractivity contribution in [1.82, 2.24) is 9.62 Å². The summed E-state index contributed by atoms with van der Waals surface area (Å²) in [4.78, 5) is 24.4. The first-order valence-electron chi connectivity index (χ1n) is 9.55. The number of rotatable bonds is 9. The molecule has 2 atom stereocenters. The number of nitrogens with two attached hydrogens (primary N) is 1. The molecule has 2 amide bonds. The number of nitrogens with one attached hydrogen (secondary N) is 1. The molecule has 2 unspecified atom stereocenters. The van der Waals surface area contributed by atoms with Crippen molar-refractivity contribution in [3.63, 3.8) is 0 Å². The maximum absolute atomic E-state index is 13.0. The van der Waals surface area contributed by atoms with E-state index in [0.29, 0.717) is 19.4 Å². The molecule has 28 heavy (non-hydrogen) atoms. The molecule has 156 valence electrons. The number of amides is 2. The van der Waals surface area contributed by atoms with E-state index in [1.807, 2.05) is 0 Å². The van der Waals surface area contributed by atoms with Gasteiger partial charge in [0.2, 0.25) is 21.8 Å². The van der Waals surface area contributed by atoms with E-state index < -0.39 is 33.8 Å². The van der Waals surface area contributed by atoms with E-state index >= 15 is 0 Å². The normalized spacial score (nSPS) is 19.1. The number of carbonyl (C=O) groups is 2. The smallest absolute Gasteiger partial charge is 0.238 e. The van der Waals surface area contributed by atoms with Crippen LogP contribution < -0.4 is 11.1 Å². The lowest BCUT2D eigenvalue weighted by molar-refractivity contribution is -0.126. The second-order valence-electron chi connectivity index (χ2n) is 7.11. The van der Waals surface area contributed by atoms with Crippen LogP contribution in [0.2, 0.25) is 0 Å². The highest BCUT2D eigenvalue weighted by Gasteiger charge is 2.36. The van der Waals surface area contributed by atoms with Gasteiger partial charge >= 0.3 is 0 Å². The average Bonchev–Trinajstić information content (AvgIpc) is 2.66. The fourth-order valence-electron chi connectivity index (χ4n) is 3.40. The molecule has 0 radical (unpaired) electrons. The summed E-state index contributed by atoms with van der Waals surface area (Å²) in [6.45, 7) is 2.11. The molecule has 3 N–H and O–H groups in total. The number of benzene rings is 1. The van der Waals surface area contributed by atoms with Crippen molar-refractivity contribution >= 4 is 21.8 Å². The predicted octanol–water partition coefficient (Wildman–Crippen LogP) is 1.18. The van der Waals surface area contributed by atoms with Crippen molar-refractivity contribution in [3.8, 4) is 0 Å². The van der Waals surface area contributed by atoms with E-state index in [1.165, 1.54) is 16.4 Å². The van der Waals surface area contributed by atoms with Crippen LogP contribution >= 0.6 is 0 Å². The highest BCUT2D eigenvalue weighted by Crippen LogP contribution is 2.21. The molecule has 0 spiro atoms. The van der Waals surface area contributed by atoms with Crippen LogP contribution in [0.15, 0.2) is 24.3 Å². The van der Waals surface area contributed by atoms with Gasteiger partial charge in [0, 0.05) is 13.1 Å². The first-order valence-corrected chi connectivity index (χ1v) is 11.2. The Morgan fingerprint density at radius 1 is 1.29 bits per heavy atom. The van der Waals surface area contributed by atoms with Gasteiger partial charge in [-0.2, -0.15) is 4.31 Å². The number of primary amides is 1. The molecule has 1 aromatic rings. The zero-order chi connectivity index (χ0) is 20.7. The van der Waals surface area contributed by atoms with Crippen LogP contribution in [0, 0.1) is 11.7 Å². The first kappa shape index (κ1) is 22.3. The van der Waals surface area contributed by atoms with Crippen molar-refractivity contribution < 1.29 is 22.4 Å². The lowest BCUT2D eigenvalue weighted by Crippen LogP contribution is -2.53. The van der Waals surface area contributed by atoms with Crippen LogP contribution in [0.1, 0.15) is 38.2 Å². The highest BCUT2D eigenvalue weighted by atomic mass is 32.2. The van der Waals surface area contributed by atoms with Gasteiger partial charge in [0.15, 0.2) is 0 Å². The molecule has 1 aromatic carbocycles. The van der Waals surface area contributed by atoms with Crippen molar-refractivity contribution in [1.29, 1.82) is 0 Å². The van der Waals surface area contributed by atoms with Crippen molar-refractivity contribution in [3.05, 3.63) is 35.6 Å². The molecule has 1 aliphatic rings. The van der Waals surface area contributed by atoms with E-state index in [4.69, 9.17) is 5.73 Å². The Bertz CT molecular complexity index is 783. The van der Waals surface area contributed by atoms with Crippen LogP contribution in [-0.4, -0.2) is 49.4 Å². The van der Waals surface area contributed by atoms with Gasteiger partial charge in [-0.05, 0) is 43.4 Å².